The van der Waals surface area contributed by atoms with E-state index in [0.717, 1.165) is 16.9 Å². The van der Waals surface area contributed by atoms with Gasteiger partial charge >= 0.3 is 0 Å². The molecule has 2 aromatic carbocycles. The summed E-state index contributed by atoms with van der Waals surface area (Å²) in [6.07, 6.45) is 4.93. The number of benzene rings is 2. The Hall–Kier alpha value is -2.29. The van der Waals surface area contributed by atoms with Crippen molar-refractivity contribution in [3.05, 3.63) is 96.1 Å². The maximum absolute atomic E-state index is 5.97. The van der Waals surface area contributed by atoms with Crippen LogP contribution >= 0.6 is 12.2 Å². The van der Waals surface area contributed by atoms with Crippen LogP contribution in [0.25, 0.3) is 11.1 Å². The summed E-state index contributed by atoms with van der Waals surface area (Å²) < 4.78 is 0. The summed E-state index contributed by atoms with van der Waals surface area (Å²) in [6, 6.07) is 20.9. The van der Waals surface area contributed by atoms with Gasteiger partial charge in [-0.25, -0.2) is 0 Å². The molecule has 1 aliphatic carbocycles. The van der Waals surface area contributed by atoms with Gasteiger partial charge in [-0.05, 0) is 40.3 Å². The maximum Gasteiger partial charge on any atom is 0.0275 e. The molecule has 3 rings (SSSR count). The molecule has 0 spiro atoms. The molecule has 1 aliphatic rings. The van der Waals surface area contributed by atoms with Crippen molar-refractivity contribution in [3.8, 4) is 0 Å². The molecule has 0 fully saturated rings. The molecule has 2 aromatic rings. The molecule has 0 amide bonds. The number of hydrogen-bond acceptors (Lipinski definition) is 2. The van der Waals surface area contributed by atoms with Crippen molar-refractivity contribution >= 4 is 28.2 Å². The van der Waals surface area contributed by atoms with Crippen molar-refractivity contribution in [2.75, 3.05) is 6.54 Å². The summed E-state index contributed by atoms with van der Waals surface area (Å²) in [4.78, 5) is 0.941. The van der Waals surface area contributed by atoms with Gasteiger partial charge in [-0.1, -0.05) is 79.0 Å². The fourth-order valence-electron chi connectivity index (χ4n) is 3.25. The van der Waals surface area contributed by atoms with Gasteiger partial charge in [0.15, 0.2) is 0 Å². The van der Waals surface area contributed by atoms with E-state index in [2.05, 4.69) is 61.2 Å². The van der Waals surface area contributed by atoms with E-state index in [1.54, 1.807) is 0 Å². The van der Waals surface area contributed by atoms with Crippen molar-refractivity contribution in [2.24, 2.45) is 11.7 Å². The summed E-state index contributed by atoms with van der Waals surface area (Å²) in [5.41, 5.74) is 11.9. The zero-order valence-electron chi connectivity index (χ0n) is 13.6. The van der Waals surface area contributed by atoms with Crippen molar-refractivity contribution in [2.45, 2.75) is 6.42 Å². The molecule has 0 saturated carbocycles. The second-order valence-corrected chi connectivity index (χ2v) is 6.31. The summed E-state index contributed by atoms with van der Waals surface area (Å²) >= 11 is 5.76. The van der Waals surface area contributed by atoms with E-state index >= 15 is 0 Å². The highest BCUT2D eigenvalue weighted by atomic mass is 32.1. The lowest BCUT2D eigenvalue weighted by Gasteiger charge is -2.29. The molecule has 1 nitrogen and oxygen atoms in total. The van der Waals surface area contributed by atoms with Crippen LogP contribution in [-0.2, 0) is 0 Å². The molecule has 1 unspecified atom stereocenters. The van der Waals surface area contributed by atoms with Gasteiger partial charge < -0.3 is 5.73 Å². The first-order valence-corrected chi connectivity index (χ1v) is 8.57. The topological polar surface area (TPSA) is 26.0 Å². The third-order valence-corrected chi connectivity index (χ3v) is 4.93. The van der Waals surface area contributed by atoms with E-state index in [1.165, 1.54) is 22.3 Å². The molecule has 0 radical (unpaired) electrons. The first kappa shape index (κ1) is 16.6. The molecule has 1 atom stereocenters. The molecule has 24 heavy (non-hydrogen) atoms. The molecule has 0 bridgehead atoms. The van der Waals surface area contributed by atoms with Crippen LogP contribution in [0.4, 0.5) is 0 Å². The first-order chi connectivity index (χ1) is 11.8. The Morgan fingerprint density at radius 2 is 1.54 bits per heavy atom. The highest BCUT2D eigenvalue weighted by Crippen LogP contribution is 2.41. The zero-order valence-corrected chi connectivity index (χ0v) is 14.4. The molecular formula is C22H21NS. The van der Waals surface area contributed by atoms with Crippen LogP contribution in [0.15, 0.2) is 85.0 Å². The third-order valence-electron chi connectivity index (χ3n) is 4.38. The van der Waals surface area contributed by atoms with E-state index < -0.39 is 0 Å². The van der Waals surface area contributed by atoms with Crippen LogP contribution in [-0.4, -0.2) is 11.4 Å². The first-order valence-electron chi connectivity index (χ1n) is 8.17. The molecule has 0 aromatic heterocycles. The Labute approximate surface area is 149 Å². The van der Waals surface area contributed by atoms with Crippen molar-refractivity contribution in [1.29, 1.82) is 0 Å². The van der Waals surface area contributed by atoms with Crippen LogP contribution in [0.2, 0.25) is 0 Å². The van der Waals surface area contributed by atoms with Gasteiger partial charge in [-0.15, -0.1) is 6.58 Å². The van der Waals surface area contributed by atoms with E-state index in [9.17, 15) is 0 Å². The van der Waals surface area contributed by atoms with Gasteiger partial charge in [0.25, 0.3) is 0 Å². The van der Waals surface area contributed by atoms with Crippen LogP contribution in [0.5, 0.6) is 0 Å². The van der Waals surface area contributed by atoms with Gasteiger partial charge in [-0.2, -0.15) is 0 Å². The van der Waals surface area contributed by atoms with Gasteiger partial charge in [-0.3, -0.25) is 0 Å². The second-order valence-electron chi connectivity index (χ2n) is 5.87. The minimum Gasteiger partial charge on any atom is -0.326 e. The largest absolute Gasteiger partial charge is 0.326 e. The normalized spacial score (nSPS) is 17.6. The van der Waals surface area contributed by atoms with Gasteiger partial charge in [0, 0.05) is 17.3 Å². The predicted molar refractivity (Wildman–Crippen MR) is 108 cm³/mol. The number of hydrogen-bond donors (Lipinski definition) is 1. The summed E-state index contributed by atoms with van der Waals surface area (Å²) in [7, 11) is 0. The molecule has 2 N–H and O–H groups in total. The van der Waals surface area contributed by atoms with Crippen molar-refractivity contribution in [3.63, 3.8) is 0 Å². The molecule has 0 heterocycles. The van der Waals surface area contributed by atoms with Crippen molar-refractivity contribution < 1.29 is 0 Å². The number of allylic oxidation sites excluding steroid dienone is 4. The maximum atomic E-state index is 5.97. The fraction of sp³-hybridized carbons (Fsp3) is 0.136. The minimum atomic E-state index is 0.138. The van der Waals surface area contributed by atoms with Crippen LogP contribution in [0.3, 0.4) is 0 Å². The van der Waals surface area contributed by atoms with E-state index in [4.69, 9.17) is 18.0 Å². The predicted octanol–water partition coefficient (Wildman–Crippen LogP) is 5.06. The van der Waals surface area contributed by atoms with E-state index in [0.29, 0.717) is 6.54 Å². The monoisotopic (exact) mass is 331 g/mol. The highest BCUT2D eigenvalue weighted by molar-refractivity contribution is 7.81. The lowest BCUT2D eigenvalue weighted by atomic mass is 9.76. The summed E-state index contributed by atoms with van der Waals surface area (Å²) in [5.74, 6) is 0.138. The van der Waals surface area contributed by atoms with Crippen LogP contribution < -0.4 is 5.73 Å². The molecule has 120 valence electrons. The zero-order chi connectivity index (χ0) is 16.9. The highest BCUT2D eigenvalue weighted by Gasteiger charge is 2.28. The van der Waals surface area contributed by atoms with E-state index in [-0.39, 0.29) is 5.92 Å². The Bertz CT molecular complexity index is 800. The smallest absolute Gasteiger partial charge is 0.0275 e. The van der Waals surface area contributed by atoms with Crippen molar-refractivity contribution in [1.82, 2.24) is 0 Å². The number of rotatable bonds is 5. The lowest BCUT2D eigenvalue weighted by molar-refractivity contribution is 0.907. The standard InChI is InChI=1S/C22H21NS/c1-2-9-19-21(17-12-7-4-8-13-17)20(14-18(15-23)22(19)24)16-10-5-3-6-11-16/h2-8,10-14,19H,1,9,15,23H2. The number of thiocarbonyl (C=S) groups is 1. The van der Waals surface area contributed by atoms with Gasteiger partial charge in [0.1, 0.15) is 0 Å². The number of nitrogens with two attached hydrogens (primary N) is 1. The Morgan fingerprint density at radius 1 is 0.958 bits per heavy atom. The molecule has 0 aliphatic heterocycles. The van der Waals surface area contributed by atoms with Crippen LogP contribution in [0, 0.1) is 5.92 Å². The van der Waals surface area contributed by atoms with E-state index in [1.807, 2.05) is 18.2 Å². The minimum absolute atomic E-state index is 0.138. The Balaban J connectivity index is 2.29. The molecule has 0 saturated heterocycles. The molecule has 2 heteroatoms. The summed E-state index contributed by atoms with van der Waals surface area (Å²) in [6.45, 7) is 4.40. The quantitative estimate of drug-likeness (QED) is 0.612. The third kappa shape index (κ3) is 3.16. The average Bonchev–Trinajstić information content (AvgIpc) is 2.64. The van der Waals surface area contributed by atoms with Crippen LogP contribution in [0.1, 0.15) is 17.5 Å². The average molecular weight is 331 g/mol. The van der Waals surface area contributed by atoms with Gasteiger partial charge in [0.05, 0.1) is 0 Å². The second kappa shape index (κ2) is 7.52. The Morgan fingerprint density at radius 3 is 2.08 bits per heavy atom. The van der Waals surface area contributed by atoms with Gasteiger partial charge in [0.2, 0.25) is 0 Å². The lowest BCUT2D eigenvalue weighted by Crippen LogP contribution is -2.25. The summed E-state index contributed by atoms with van der Waals surface area (Å²) in [5, 5.41) is 0. The fourth-order valence-corrected chi connectivity index (χ4v) is 3.60. The Kier molecular flexibility index (Phi) is 5.19. The molecular weight excluding hydrogens is 310 g/mol. The SMILES string of the molecule is C=CCC1C(=S)C(CN)=CC(c2ccccc2)=C1c1ccccc1.